The van der Waals surface area contributed by atoms with Crippen molar-refractivity contribution in [3.63, 3.8) is 0 Å². The average molecular weight is 473 g/mol. The highest BCUT2D eigenvalue weighted by molar-refractivity contribution is 6.05. The van der Waals surface area contributed by atoms with Gasteiger partial charge in [-0.1, -0.05) is 48.5 Å². The van der Waals surface area contributed by atoms with Gasteiger partial charge in [0.2, 0.25) is 0 Å². The number of carbonyl (C=O) groups is 1. The van der Waals surface area contributed by atoms with Crippen LogP contribution in [0.5, 0.6) is 17.2 Å². The lowest BCUT2D eigenvalue weighted by atomic mass is 10.1. The Balaban J connectivity index is 1.66. The van der Waals surface area contributed by atoms with Crippen LogP contribution in [0, 0.1) is 0 Å². The van der Waals surface area contributed by atoms with Crippen LogP contribution in [0.15, 0.2) is 76.6 Å². The molecule has 9 nitrogen and oxygen atoms in total. The first-order valence-corrected chi connectivity index (χ1v) is 10.7. The summed E-state index contributed by atoms with van der Waals surface area (Å²) >= 11 is 0. The fourth-order valence-electron chi connectivity index (χ4n) is 3.63. The first kappa shape index (κ1) is 23.5. The van der Waals surface area contributed by atoms with Gasteiger partial charge in [-0.25, -0.2) is 10.1 Å². The number of fused-ring (bicyclic) bond motifs is 1. The maximum atomic E-state index is 13.1. The largest absolute Gasteiger partial charge is 0.496 e. The van der Waals surface area contributed by atoms with Gasteiger partial charge in [0.25, 0.3) is 11.5 Å². The van der Waals surface area contributed by atoms with E-state index in [4.69, 9.17) is 14.2 Å². The van der Waals surface area contributed by atoms with Crippen molar-refractivity contribution in [1.82, 2.24) is 15.2 Å². The summed E-state index contributed by atoms with van der Waals surface area (Å²) in [6.45, 7) is 0.233. The monoisotopic (exact) mass is 472 g/mol. The molecule has 9 heteroatoms. The molecule has 0 bridgehead atoms. The standard InChI is InChI=1S/C26H24N4O5/c1-33-21-14-23(35-3)22(34-2)13-18(21)15-27-28-25(31)24-19-11-7-8-12-20(19)26(32)30(29-24)16-17-9-5-4-6-10-17/h4-15H,16H2,1-3H3,(H,28,31)/b27-15-. The summed E-state index contributed by atoms with van der Waals surface area (Å²) in [5, 5.41) is 9.27. The van der Waals surface area contributed by atoms with Gasteiger partial charge in [-0.15, -0.1) is 0 Å². The van der Waals surface area contributed by atoms with Gasteiger partial charge in [0.15, 0.2) is 17.2 Å². The fraction of sp³-hybridized carbons (Fsp3) is 0.154. The number of nitrogens with zero attached hydrogens (tertiary/aromatic N) is 3. The Hall–Kier alpha value is -4.66. The number of hydrogen-bond donors (Lipinski definition) is 1. The Bertz CT molecular complexity index is 1450. The SMILES string of the molecule is COc1cc(OC)c(OC)cc1/C=N\NC(=O)c1nn(Cc2ccccc2)c(=O)c2ccccc12. The molecule has 0 radical (unpaired) electrons. The number of rotatable bonds is 8. The smallest absolute Gasteiger partial charge is 0.292 e. The lowest BCUT2D eigenvalue weighted by Gasteiger charge is -2.12. The molecule has 178 valence electrons. The molecule has 4 aromatic rings. The zero-order valence-corrected chi connectivity index (χ0v) is 19.5. The van der Waals surface area contributed by atoms with Crippen molar-refractivity contribution in [2.24, 2.45) is 5.10 Å². The molecule has 0 fully saturated rings. The summed E-state index contributed by atoms with van der Waals surface area (Å²) in [6, 6.07) is 19.6. The molecule has 1 N–H and O–H groups in total. The van der Waals surface area contributed by atoms with E-state index < -0.39 is 5.91 Å². The molecule has 0 aliphatic carbocycles. The second-order valence-corrected chi connectivity index (χ2v) is 7.49. The molecule has 3 aromatic carbocycles. The highest BCUT2D eigenvalue weighted by atomic mass is 16.5. The molecule has 35 heavy (non-hydrogen) atoms. The predicted octanol–water partition coefficient (Wildman–Crippen LogP) is 3.23. The van der Waals surface area contributed by atoms with E-state index >= 15 is 0 Å². The minimum atomic E-state index is -0.557. The zero-order chi connectivity index (χ0) is 24.8. The maximum absolute atomic E-state index is 13.1. The van der Waals surface area contributed by atoms with Crippen molar-refractivity contribution in [1.29, 1.82) is 0 Å². The molecule has 1 aromatic heterocycles. The first-order valence-electron chi connectivity index (χ1n) is 10.7. The molecule has 1 heterocycles. The molecule has 0 aliphatic rings. The van der Waals surface area contributed by atoms with E-state index in [1.54, 1.807) is 36.4 Å². The molecular weight excluding hydrogens is 448 g/mol. The maximum Gasteiger partial charge on any atom is 0.292 e. The van der Waals surface area contributed by atoms with Crippen LogP contribution in [0.1, 0.15) is 21.6 Å². The van der Waals surface area contributed by atoms with Gasteiger partial charge in [0.05, 0.1) is 39.5 Å². The van der Waals surface area contributed by atoms with Crippen LogP contribution in [0.3, 0.4) is 0 Å². The summed E-state index contributed by atoms with van der Waals surface area (Å²) in [4.78, 5) is 26.1. The van der Waals surface area contributed by atoms with Crippen LogP contribution < -0.4 is 25.2 Å². The van der Waals surface area contributed by atoms with Crippen LogP contribution in [0.2, 0.25) is 0 Å². The van der Waals surface area contributed by atoms with Crippen LogP contribution in [0.25, 0.3) is 10.8 Å². The Labute approximate surface area is 201 Å². The Kier molecular flexibility index (Phi) is 7.06. The number of ether oxygens (including phenoxy) is 3. The van der Waals surface area contributed by atoms with Gasteiger partial charge in [-0.2, -0.15) is 10.2 Å². The molecule has 0 spiro atoms. The highest BCUT2D eigenvalue weighted by Crippen LogP contribution is 2.33. The van der Waals surface area contributed by atoms with Gasteiger partial charge in [0.1, 0.15) is 5.75 Å². The number of methoxy groups -OCH3 is 3. The molecule has 0 atom stereocenters. The van der Waals surface area contributed by atoms with Crippen molar-refractivity contribution in [3.05, 3.63) is 93.9 Å². The Morgan fingerprint density at radius 1 is 0.914 bits per heavy atom. The van der Waals surface area contributed by atoms with E-state index in [1.807, 2.05) is 30.3 Å². The minimum absolute atomic E-state index is 0.0903. The molecule has 0 aliphatic heterocycles. The molecule has 4 rings (SSSR count). The second kappa shape index (κ2) is 10.5. The van der Waals surface area contributed by atoms with E-state index in [0.717, 1.165) is 5.56 Å². The third kappa shape index (κ3) is 4.98. The van der Waals surface area contributed by atoms with Crippen molar-refractivity contribution in [3.8, 4) is 17.2 Å². The van der Waals surface area contributed by atoms with Crippen molar-refractivity contribution in [2.45, 2.75) is 6.54 Å². The number of amides is 1. The molecule has 0 saturated heterocycles. The second-order valence-electron chi connectivity index (χ2n) is 7.49. The minimum Gasteiger partial charge on any atom is -0.496 e. The van der Waals surface area contributed by atoms with Crippen LogP contribution in [-0.4, -0.2) is 43.2 Å². The van der Waals surface area contributed by atoms with E-state index in [2.05, 4.69) is 15.6 Å². The Morgan fingerprint density at radius 3 is 2.23 bits per heavy atom. The number of benzene rings is 3. The van der Waals surface area contributed by atoms with Crippen molar-refractivity contribution in [2.75, 3.05) is 21.3 Å². The van der Waals surface area contributed by atoms with Gasteiger partial charge < -0.3 is 14.2 Å². The van der Waals surface area contributed by atoms with E-state index in [9.17, 15) is 9.59 Å². The summed E-state index contributed by atoms with van der Waals surface area (Å²) in [6.07, 6.45) is 1.43. The highest BCUT2D eigenvalue weighted by Gasteiger charge is 2.17. The summed E-state index contributed by atoms with van der Waals surface area (Å²) in [7, 11) is 4.57. The number of aromatic nitrogens is 2. The molecule has 0 unspecified atom stereocenters. The zero-order valence-electron chi connectivity index (χ0n) is 19.5. The lowest BCUT2D eigenvalue weighted by Crippen LogP contribution is -2.29. The van der Waals surface area contributed by atoms with Crippen LogP contribution >= 0.6 is 0 Å². The van der Waals surface area contributed by atoms with Gasteiger partial charge in [-0.05, 0) is 17.7 Å². The number of hydrazone groups is 1. The fourth-order valence-corrected chi connectivity index (χ4v) is 3.63. The number of nitrogens with one attached hydrogen (secondary N) is 1. The molecule has 0 saturated carbocycles. The predicted molar refractivity (Wildman–Crippen MR) is 133 cm³/mol. The lowest BCUT2D eigenvalue weighted by molar-refractivity contribution is 0.0949. The van der Waals surface area contributed by atoms with E-state index in [1.165, 1.54) is 32.2 Å². The first-order chi connectivity index (χ1) is 17.0. The number of carbonyl (C=O) groups excluding carboxylic acids is 1. The Morgan fingerprint density at radius 2 is 1.54 bits per heavy atom. The van der Waals surface area contributed by atoms with E-state index in [-0.39, 0.29) is 17.8 Å². The van der Waals surface area contributed by atoms with E-state index in [0.29, 0.717) is 33.6 Å². The normalized spacial score (nSPS) is 10.9. The van der Waals surface area contributed by atoms with Gasteiger partial charge in [0, 0.05) is 17.0 Å². The topological polar surface area (TPSA) is 104 Å². The third-order valence-electron chi connectivity index (χ3n) is 5.36. The summed E-state index contributed by atoms with van der Waals surface area (Å²) < 4.78 is 17.3. The van der Waals surface area contributed by atoms with Crippen LogP contribution in [0.4, 0.5) is 0 Å². The van der Waals surface area contributed by atoms with Crippen molar-refractivity contribution >= 4 is 22.9 Å². The quantitative estimate of drug-likeness (QED) is 0.312. The third-order valence-corrected chi connectivity index (χ3v) is 5.36. The van der Waals surface area contributed by atoms with Crippen LogP contribution in [-0.2, 0) is 6.54 Å². The molecular formula is C26H24N4O5. The number of hydrogen-bond acceptors (Lipinski definition) is 7. The van der Waals surface area contributed by atoms with Crippen molar-refractivity contribution < 1.29 is 19.0 Å². The van der Waals surface area contributed by atoms with Gasteiger partial charge in [-0.3, -0.25) is 9.59 Å². The summed E-state index contributed by atoms with van der Waals surface area (Å²) in [5.41, 5.74) is 3.76. The summed E-state index contributed by atoms with van der Waals surface area (Å²) in [5.74, 6) is 0.919. The average Bonchev–Trinajstić information content (AvgIpc) is 2.90. The van der Waals surface area contributed by atoms with Gasteiger partial charge >= 0.3 is 0 Å². The molecule has 1 amide bonds.